The smallest absolute Gasteiger partial charge is 0.0710 e. The van der Waals surface area contributed by atoms with Gasteiger partial charge in [0.2, 0.25) is 0 Å². The van der Waals surface area contributed by atoms with Crippen molar-refractivity contribution < 1.29 is 0 Å². The van der Waals surface area contributed by atoms with Crippen LogP contribution in [0, 0.1) is 16.7 Å². The van der Waals surface area contributed by atoms with Gasteiger partial charge in [0.05, 0.1) is 11.5 Å². The highest BCUT2D eigenvalue weighted by Gasteiger charge is 2.30. The Bertz CT molecular complexity index is 150. The van der Waals surface area contributed by atoms with Gasteiger partial charge in [-0.2, -0.15) is 5.26 Å². The number of piperidine rings is 1. The molecular weight excluding hydrogens is 160 g/mol. The van der Waals surface area contributed by atoms with Crippen molar-refractivity contribution in [3.63, 3.8) is 0 Å². The summed E-state index contributed by atoms with van der Waals surface area (Å²) in [7, 11) is 0. The molecule has 1 N–H and O–H groups in total. The Kier molecular flexibility index (Phi) is 3.16. The number of nitriles is 1. The first-order valence-corrected chi connectivity index (χ1v) is 4.54. The zero-order chi connectivity index (χ0) is 8.16. The number of halogens is 1. The summed E-state index contributed by atoms with van der Waals surface area (Å²) in [6.07, 6.45) is 2.92. The third-order valence-electron chi connectivity index (χ3n) is 2.28. The van der Waals surface area contributed by atoms with Crippen molar-refractivity contribution >= 4 is 11.6 Å². The third-order valence-corrected chi connectivity index (χ3v) is 2.47. The van der Waals surface area contributed by atoms with E-state index in [1.54, 1.807) is 0 Å². The van der Waals surface area contributed by atoms with Crippen LogP contribution in [-0.2, 0) is 0 Å². The number of nitrogens with zero attached hydrogens (tertiary/aromatic N) is 1. The van der Waals surface area contributed by atoms with Crippen LogP contribution in [0.2, 0.25) is 0 Å². The molecule has 3 heteroatoms. The normalized spacial score (nSPS) is 31.3. The van der Waals surface area contributed by atoms with E-state index in [1.165, 1.54) is 0 Å². The molecule has 0 aromatic heterocycles. The van der Waals surface area contributed by atoms with E-state index in [1.807, 2.05) is 0 Å². The fourth-order valence-electron chi connectivity index (χ4n) is 1.51. The molecule has 0 aromatic carbocycles. The van der Waals surface area contributed by atoms with Gasteiger partial charge in [0.15, 0.2) is 0 Å². The van der Waals surface area contributed by atoms with E-state index in [0.717, 1.165) is 32.4 Å². The molecule has 1 unspecified atom stereocenters. The average Bonchev–Trinajstić information content (AvgIpc) is 2.07. The highest BCUT2D eigenvalue weighted by Crippen LogP contribution is 2.29. The number of alkyl halides is 1. The van der Waals surface area contributed by atoms with Gasteiger partial charge in [0.1, 0.15) is 0 Å². The first-order chi connectivity index (χ1) is 5.33. The first-order valence-electron chi connectivity index (χ1n) is 4.01. The van der Waals surface area contributed by atoms with Gasteiger partial charge in [-0.25, -0.2) is 0 Å². The van der Waals surface area contributed by atoms with Crippen molar-refractivity contribution in [1.29, 1.82) is 5.26 Å². The fraction of sp³-hybridized carbons (Fsp3) is 0.875. The minimum Gasteiger partial charge on any atom is -0.315 e. The molecule has 1 heterocycles. The molecule has 62 valence electrons. The molecule has 2 nitrogen and oxygen atoms in total. The third kappa shape index (κ3) is 2.08. The Labute approximate surface area is 72.5 Å². The maximum absolute atomic E-state index is 8.92. The predicted molar refractivity (Wildman–Crippen MR) is 45.5 cm³/mol. The fourth-order valence-corrected chi connectivity index (χ4v) is 1.88. The molecule has 0 spiro atoms. The molecule has 0 radical (unpaired) electrons. The van der Waals surface area contributed by atoms with E-state index >= 15 is 0 Å². The van der Waals surface area contributed by atoms with E-state index in [0.29, 0.717) is 5.88 Å². The molecule has 0 amide bonds. The second-order valence-electron chi connectivity index (χ2n) is 3.11. The van der Waals surface area contributed by atoms with E-state index < -0.39 is 0 Å². The zero-order valence-corrected chi connectivity index (χ0v) is 7.32. The summed E-state index contributed by atoms with van der Waals surface area (Å²) in [5.41, 5.74) is -0.167. The van der Waals surface area contributed by atoms with Crippen LogP contribution in [-0.4, -0.2) is 19.0 Å². The molecule has 1 saturated heterocycles. The van der Waals surface area contributed by atoms with Crippen LogP contribution in [0.15, 0.2) is 0 Å². The van der Waals surface area contributed by atoms with E-state index in [4.69, 9.17) is 16.9 Å². The summed E-state index contributed by atoms with van der Waals surface area (Å²) < 4.78 is 0. The van der Waals surface area contributed by atoms with Crippen molar-refractivity contribution in [3.8, 4) is 6.07 Å². The molecule has 1 fully saturated rings. The highest BCUT2D eigenvalue weighted by atomic mass is 35.5. The molecule has 0 bridgehead atoms. The SMILES string of the molecule is N#CC1(CCCl)CCCNC1. The van der Waals surface area contributed by atoms with Gasteiger partial charge < -0.3 is 5.32 Å². The van der Waals surface area contributed by atoms with Crippen molar-refractivity contribution in [3.05, 3.63) is 0 Å². The predicted octanol–water partition coefficient (Wildman–Crippen LogP) is 1.51. The number of nitrogens with one attached hydrogen (secondary N) is 1. The Balaban J connectivity index is 2.51. The lowest BCUT2D eigenvalue weighted by Crippen LogP contribution is -2.39. The molecule has 11 heavy (non-hydrogen) atoms. The Morgan fingerprint density at radius 1 is 1.64 bits per heavy atom. The van der Waals surface area contributed by atoms with Crippen molar-refractivity contribution in [2.75, 3.05) is 19.0 Å². The maximum Gasteiger partial charge on any atom is 0.0710 e. The second-order valence-corrected chi connectivity index (χ2v) is 3.49. The topological polar surface area (TPSA) is 35.8 Å². The molecule has 1 rings (SSSR count). The molecule has 1 aliphatic rings. The van der Waals surface area contributed by atoms with E-state index in [9.17, 15) is 0 Å². The van der Waals surface area contributed by atoms with Crippen molar-refractivity contribution in [2.24, 2.45) is 5.41 Å². The van der Waals surface area contributed by atoms with Gasteiger partial charge in [0, 0.05) is 12.4 Å². The van der Waals surface area contributed by atoms with Crippen LogP contribution in [0.4, 0.5) is 0 Å². The average molecular weight is 173 g/mol. The van der Waals surface area contributed by atoms with Crippen LogP contribution in [0.1, 0.15) is 19.3 Å². The minimum atomic E-state index is -0.167. The summed E-state index contributed by atoms with van der Waals surface area (Å²) in [6, 6.07) is 2.37. The van der Waals surface area contributed by atoms with Crippen LogP contribution in [0.3, 0.4) is 0 Å². The lowest BCUT2D eigenvalue weighted by atomic mass is 9.80. The summed E-state index contributed by atoms with van der Waals surface area (Å²) in [5, 5.41) is 12.2. The van der Waals surface area contributed by atoms with Gasteiger partial charge in [-0.1, -0.05) is 0 Å². The van der Waals surface area contributed by atoms with Gasteiger partial charge >= 0.3 is 0 Å². The van der Waals surface area contributed by atoms with Crippen LogP contribution >= 0.6 is 11.6 Å². The van der Waals surface area contributed by atoms with E-state index in [2.05, 4.69) is 11.4 Å². The van der Waals surface area contributed by atoms with Crippen LogP contribution in [0.25, 0.3) is 0 Å². The summed E-state index contributed by atoms with van der Waals surface area (Å²) in [6.45, 7) is 1.86. The Morgan fingerprint density at radius 2 is 2.45 bits per heavy atom. The number of hydrogen-bond donors (Lipinski definition) is 1. The van der Waals surface area contributed by atoms with E-state index in [-0.39, 0.29) is 5.41 Å². The summed E-state index contributed by atoms with van der Waals surface area (Å²) in [5.74, 6) is 0.592. The summed E-state index contributed by atoms with van der Waals surface area (Å²) in [4.78, 5) is 0. The molecule has 1 aliphatic heterocycles. The lowest BCUT2D eigenvalue weighted by molar-refractivity contribution is 0.280. The van der Waals surface area contributed by atoms with Gasteiger partial charge in [0.25, 0.3) is 0 Å². The Morgan fingerprint density at radius 3 is 2.91 bits per heavy atom. The van der Waals surface area contributed by atoms with Crippen molar-refractivity contribution in [2.45, 2.75) is 19.3 Å². The van der Waals surface area contributed by atoms with Gasteiger partial charge in [-0.3, -0.25) is 0 Å². The molecular formula is C8H13ClN2. The van der Waals surface area contributed by atoms with Gasteiger partial charge in [-0.05, 0) is 25.8 Å². The van der Waals surface area contributed by atoms with Crippen LogP contribution < -0.4 is 5.32 Å². The van der Waals surface area contributed by atoms with Gasteiger partial charge in [-0.15, -0.1) is 11.6 Å². The second kappa shape index (κ2) is 3.94. The standard InChI is InChI=1S/C8H13ClN2/c9-4-3-8(6-10)2-1-5-11-7-8/h11H,1-5,7H2. The van der Waals surface area contributed by atoms with Crippen molar-refractivity contribution in [1.82, 2.24) is 5.32 Å². The largest absolute Gasteiger partial charge is 0.315 e. The maximum atomic E-state index is 8.92. The molecule has 1 atom stereocenters. The highest BCUT2D eigenvalue weighted by molar-refractivity contribution is 6.17. The molecule has 0 aliphatic carbocycles. The van der Waals surface area contributed by atoms with Crippen LogP contribution in [0.5, 0.6) is 0 Å². The first kappa shape index (κ1) is 8.83. The number of hydrogen-bond acceptors (Lipinski definition) is 2. The zero-order valence-electron chi connectivity index (χ0n) is 6.57. The quantitative estimate of drug-likeness (QED) is 0.641. The number of rotatable bonds is 2. The summed E-state index contributed by atoms with van der Waals surface area (Å²) >= 11 is 5.62. The minimum absolute atomic E-state index is 0.167. The molecule has 0 saturated carbocycles. The lowest BCUT2D eigenvalue weighted by Gasteiger charge is -2.30. The molecule has 0 aromatic rings. The monoisotopic (exact) mass is 172 g/mol. The Hall–Kier alpha value is -0.260.